The van der Waals surface area contributed by atoms with Gasteiger partial charge in [0.25, 0.3) is 0 Å². The summed E-state index contributed by atoms with van der Waals surface area (Å²) in [6.07, 6.45) is 11.1. The zero-order chi connectivity index (χ0) is 17.1. The van der Waals surface area contributed by atoms with Crippen molar-refractivity contribution in [3.8, 4) is 5.88 Å². The summed E-state index contributed by atoms with van der Waals surface area (Å²) < 4.78 is 12.0. The Morgan fingerprint density at radius 1 is 1.36 bits per heavy atom. The molecule has 134 valence electrons. The van der Waals surface area contributed by atoms with Gasteiger partial charge in [-0.15, -0.1) is 0 Å². The third-order valence-electron chi connectivity index (χ3n) is 5.45. The van der Waals surface area contributed by atoms with Crippen molar-refractivity contribution >= 4 is 5.91 Å². The predicted molar refractivity (Wildman–Crippen MR) is 94.3 cm³/mol. The van der Waals surface area contributed by atoms with Crippen molar-refractivity contribution in [1.82, 2.24) is 9.88 Å². The monoisotopic (exact) mass is 342 g/mol. The third-order valence-corrected chi connectivity index (χ3v) is 5.45. The zero-order valence-electron chi connectivity index (χ0n) is 14.7. The number of rotatable bonds is 4. The highest BCUT2D eigenvalue weighted by Crippen LogP contribution is 2.36. The molecule has 1 amide bonds. The Hall–Kier alpha value is -1.88. The topological polar surface area (TPSA) is 51.7 Å². The maximum atomic E-state index is 12.5. The summed E-state index contributed by atoms with van der Waals surface area (Å²) in [6, 6.07) is 5.70. The van der Waals surface area contributed by atoms with Gasteiger partial charge in [0.05, 0.1) is 19.7 Å². The van der Waals surface area contributed by atoms with Crippen molar-refractivity contribution in [2.45, 2.75) is 56.7 Å². The Bertz CT molecular complexity index is 638. The summed E-state index contributed by atoms with van der Waals surface area (Å²) >= 11 is 0. The summed E-state index contributed by atoms with van der Waals surface area (Å²) in [7, 11) is 0. The SMILES string of the molecule is O=C(CC1=CCCCC1)N1CC2(CC(Oc3ccccn3)CCO2)C1. The van der Waals surface area contributed by atoms with Crippen LogP contribution in [0.4, 0.5) is 0 Å². The van der Waals surface area contributed by atoms with E-state index in [2.05, 4.69) is 11.1 Å². The molecule has 2 saturated heterocycles. The molecule has 1 aromatic heterocycles. The molecule has 0 saturated carbocycles. The fourth-order valence-corrected chi connectivity index (χ4v) is 4.09. The number of nitrogens with zero attached hydrogens (tertiary/aromatic N) is 2. The third kappa shape index (κ3) is 3.87. The quantitative estimate of drug-likeness (QED) is 0.789. The molecular weight excluding hydrogens is 316 g/mol. The Labute approximate surface area is 149 Å². The van der Waals surface area contributed by atoms with Crippen molar-refractivity contribution in [3.63, 3.8) is 0 Å². The van der Waals surface area contributed by atoms with Gasteiger partial charge >= 0.3 is 0 Å². The van der Waals surface area contributed by atoms with Crippen LogP contribution in [0.5, 0.6) is 5.88 Å². The maximum Gasteiger partial charge on any atom is 0.226 e. The number of ether oxygens (including phenoxy) is 2. The van der Waals surface area contributed by atoms with Gasteiger partial charge < -0.3 is 14.4 Å². The summed E-state index contributed by atoms with van der Waals surface area (Å²) in [6.45, 7) is 2.08. The van der Waals surface area contributed by atoms with Gasteiger partial charge in [-0.05, 0) is 31.7 Å². The van der Waals surface area contributed by atoms with Gasteiger partial charge in [-0.25, -0.2) is 4.98 Å². The molecule has 1 aliphatic carbocycles. The normalized spacial score (nSPS) is 25.2. The summed E-state index contributed by atoms with van der Waals surface area (Å²) in [5, 5.41) is 0. The number of hydrogen-bond acceptors (Lipinski definition) is 4. The molecule has 4 rings (SSSR count). The van der Waals surface area contributed by atoms with E-state index >= 15 is 0 Å². The van der Waals surface area contributed by atoms with E-state index in [9.17, 15) is 4.79 Å². The number of pyridine rings is 1. The second-order valence-electron chi connectivity index (χ2n) is 7.47. The van der Waals surface area contributed by atoms with Crippen LogP contribution >= 0.6 is 0 Å². The number of carbonyl (C=O) groups is 1. The molecule has 1 aromatic rings. The van der Waals surface area contributed by atoms with E-state index in [1.165, 1.54) is 18.4 Å². The molecule has 1 atom stereocenters. The molecule has 0 radical (unpaired) electrons. The van der Waals surface area contributed by atoms with Crippen LogP contribution in [0.1, 0.15) is 44.9 Å². The number of aromatic nitrogens is 1. The molecule has 1 unspecified atom stereocenters. The Morgan fingerprint density at radius 3 is 3.04 bits per heavy atom. The first-order valence-corrected chi connectivity index (χ1v) is 9.40. The highest BCUT2D eigenvalue weighted by molar-refractivity contribution is 5.80. The van der Waals surface area contributed by atoms with Gasteiger partial charge in [0.1, 0.15) is 11.7 Å². The number of amides is 1. The minimum absolute atomic E-state index is 0.113. The van der Waals surface area contributed by atoms with Crippen LogP contribution in [0.15, 0.2) is 36.0 Å². The van der Waals surface area contributed by atoms with Crippen LogP contribution in [0, 0.1) is 0 Å². The van der Waals surface area contributed by atoms with E-state index < -0.39 is 0 Å². The van der Waals surface area contributed by atoms with Crippen LogP contribution in [0.25, 0.3) is 0 Å². The van der Waals surface area contributed by atoms with E-state index in [-0.39, 0.29) is 17.6 Å². The summed E-state index contributed by atoms with van der Waals surface area (Å²) in [4.78, 5) is 18.7. The predicted octanol–water partition coefficient (Wildman–Crippen LogP) is 3.11. The molecule has 0 bridgehead atoms. The smallest absolute Gasteiger partial charge is 0.226 e. The highest BCUT2D eigenvalue weighted by Gasteiger charge is 2.49. The van der Waals surface area contributed by atoms with Crippen LogP contribution in [-0.2, 0) is 9.53 Å². The summed E-state index contributed by atoms with van der Waals surface area (Å²) in [5.74, 6) is 0.913. The number of carbonyl (C=O) groups excluding carboxylic acids is 1. The van der Waals surface area contributed by atoms with Gasteiger partial charge in [-0.1, -0.05) is 17.7 Å². The first-order chi connectivity index (χ1) is 12.2. The molecule has 25 heavy (non-hydrogen) atoms. The number of allylic oxidation sites excluding steroid dienone is 1. The lowest BCUT2D eigenvalue weighted by Crippen LogP contribution is -2.67. The zero-order valence-corrected chi connectivity index (χ0v) is 14.7. The fraction of sp³-hybridized carbons (Fsp3) is 0.600. The maximum absolute atomic E-state index is 12.5. The second kappa shape index (κ2) is 7.16. The molecule has 1 spiro atoms. The fourth-order valence-electron chi connectivity index (χ4n) is 4.09. The minimum Gasteiger partial charge on any atom is -0.474 e. The molecular formula is C20H26N2O3. The minimum atomic E-state index is -0.214. The van der Waals surface area contributed by atoms with Crippen LogP contribution in [-0.4, -0.2) is 47.2 Å². The molecule has 0 N–H and O–H groups in total. The molecule has 3 aliphatic rings. The largest absolute Gasteiger partial charge is 0.474 e. The lowest BCUT2D eigenvalue weighted by atomic mass is 9.84. The highest BCUT2D eigenvalue weighted by atomic mass is 16.5. The number of hydrogen-bond donors (Lipinski definition) is 0. The van der Waals surface area contributed by atoms with Crippen LogP contribution in [0.3, 0.4) is 0 Å². The molecule has 2 aliphatic heterocycles. The lowest BCUT2D eigenvalue weighted by Gasteiger charge is -2.53. The molecule has 3 heterocycles. The van der Waals surface area contributed by atoms with Crippen LogP contribution < -0.4 is 4.74 Å². The second-order valence-corrected chi connectivity index (χ2v) is 7.47. The molecule has 5 heteroatoms. The Morgan fingerprint density at radius 2 is 2.28 bits per heavy atom. The standard InChI is InChI=1S/C20H26N2O3/c23-19(12-16-6-2-1-3-7-16)22-14-20(15-22)13-17(9-11-24-20)25-18-8-4-5-10-21-18/h4-6,8,10,17H,1-3,7,9,11-15H2. The molecule has 5 nitrogen and oxygen atoms in total. The first-order valence-electron chi connectivity index (χ1n) is 9.40. The van der Waals surface area contributed by atoms with E-state index in [0.717, 1.165) is 25.7 Å². The summed E-state index contributed by atoms with van der Waals surface area (Å²) in [5.41, 5.74) is 1.10. The van der Waals surface area contributed by atoms with E-state index in [0.29, 0.717) is 32.0 Å². The van der Waals surface area contributed by atoms with Crippen LogP contribution in [0.2, 0.25) is 0 Å². The van der Waals surface area contributed by atoms with E-state index in [1.807, 2.05) is 23.1 Å². The molecule has 0 aromatic carbocycles. The lowest BCUT2D eigenvalue weighted by molar-refractivity contribution is -0.193. The van der Waals surface area contributed by atoms with Crippen molar-refractivity contribution in [3.05, 3.63) is 36.0 Å². The average Bonchev–Trinajstić information content (AvgIpc) is 2.61. The van der Waals surface area contributed by atoms with E-state index in [4.69, 9.17) is 9.47 Å². The average molecular weight is 342 g/mol. The van der Waals surface area contributed by atoms with Crippen molar-refractivity contribution < 1.29 is 14.3 Å². The van der Waals surface area contributed by atoms with Gasteiger partial charge in [0, 0.05) is 31.5 Å². The van der Waals surface area contributed by atoms with Gasteiger partial charge in [-0.3, -0.25) is 4.79 Å². The van der Waals surface area contributed by atoms with Gasteiger partial charge in [0.15, 0.2) is 0 Å². The van der Waals surface area contributed by atoms with Crippen molar-refractivity contribution in [2.75, 3.05) is 19.7 Å². The molecule has 2 fully saturated rings. The Balaban J connectivity index is 1.29. The van der Waals surface area contributed by atoms with Crippen molar-refractivity contribution in [1.29, 1.82) is 0 Å². The van der Waals surface area contributed by atoms with E-state index in [1.54, 1.807) is 6.20 Å². The van der Waals surface area contributed by atoms with Gasteiger partial charge in [0.2, 0.25) is 11.8 Å². The Kier molecular flexibility index (Phi) is 4.75. The van der Waals surface area contributed by atoms with Gasteiger partial charge in [-0.2, -0.15) is 0 Å². The first kappa shape index (κ1) is 16.6. The number of likely N-dealkylation sites (tertiary alicyclic amines) is 1. The van der Waals surface area contributed by atoms with Crippen molar-refractivity contribution in [2.24, 2.45) is 0 Å².